The van der Waals surface area contributed by atoms with Crippen molar-refractivity contribution in [2.24, 2.45) is 10.7 Å². The zero-order chi connectivity index (χ0) is 22.5. The SMILES string of the molecule is CCc1cc(NC(=O)Nc2ccc(-c3cn(C4CC4)c4c3=C(N)N=C=[N+]=4)n3ccnc23)on1. The van der Waals surface area contributed by atoms with Crippen LogP contribution in [0, 0.1) is 0 Å². The molecular weight excluding hydrogens is 422 g/mol. The van der Waals surface area contributed by atoms with E-state index in [1.165, 1.54) is 0 Å². The lowest BCUT2D eigenvalue weighted by Gasteiger charge is -2.10. The fraction of sp³-hybridized carbons (Fsp3) is 0.227. The molecule has 2 amide bonds. The summed E-state index contributed by atoms with van der Waals surface area (Å²) in [7, 11) is 0. The average Bonchev–Trinajstić information content (AvgIpc) is 3.21. The lowest BCUT2D eigenvalue weighted by Crippen LogP contribution is -2.37. The largest absolute Gasteiger partial charge is 0.368 e. The Morgan fingerprint density at radius 1 is 1.36 bits per heavy atom. The van der Waals surface area contributed by atoms with Crippen LogP contribution in [0.15, 0.2) is 46.3 Å². The maximum Gasteiger partial charge on any atom is 0.346 e. The van der Waals surface area contributed by atoms with Gasteiger partial charge in [0.25, 0.3) is 0 Å². The van der Waals surface area contributed by atoms with Crippen molar-refractivity contribution in [3.05, 3.63) is 53.2 Å². The number of hydrogen-bond donors (Lipinski definition) is 3. The monoisotopic (exact) mass is 442 g/mol. The third-order valence-electron chi connectivity index (χ3n) is 5.76. The van der Waals surface area contributed by atoms with Crippen molar-refractivity contribution in [2.45, 2.75) is 32.2 Å². The second-order valence-electron chi connectivity index (χ2n) is 7.96. The van der Waals surface area contributed by atoms with Crippen LogP contribution in [0.1, 0.15) is 31.5 Å². The van der Waals surface area contributed by atoms with Gasteiger partial charge in [-0.3, -0.25) is 9.72 Å². The number of carbonyl (C=O) groups is 1. The van der Waals surface area contributed by atoms with Crippen LogP contribution >= 0.6 is 0 Å². The van der Waals surface area contributed by atoms with E-state index in [0.717, 1.165) is 40.5 Å². The summed E-state index contributed by atoms with van der Waals surface area (Å²) in [4.78, 5) is 21.0. The van der Waals surface area contributed by atoms with Gasteiger partial charge in [-0.2, -0.15) is 4.67 Å². The van der Waals surface area contributed by atoms with Crippen LogP contribution in [0.3, 0.4) is 0 Å². The number of amides is 2. The van der Waals surface area contributed by atoms with E-state index >= 15 is 0 Å². The molecule has 33 heavy (non-hydrogen) atoms. The van der Waals surface area contributed by atoms with Crippen LogP contribution in [-0.2, 0) is 6.42 Å². The van der Waals surface area contributed by atoms with Crippen molar-refractivity contribution in [2.75, 3.05) is 10.6 Å². The number of nitrogens with one attached hydrogen (secondary N) is 2. The van der Waals surface area contributed by atoms with Crippen molar-refractivity contribution in [3.63, 3.8) is 0 Å². The first-order valence-corrected chi connectivity index (χ1v) is 10.7. The van der Waals surface area contributed by atoms with E-state index < -0.39 is 6.03 Å². The molecule has 1 saturated carbocycles. The van der Waals surface area contributed by atoms with Crippen molar-refractivity contribution in [1.82, 2.24) is 23.8 Å². The molecule has 0 atom stereocenters. The van der Waals surface area contributed by atoms with E-state index in [-0.39, 0.29) is 5.88 Å². The standard InChI is InChI=1S/C22H19N9O2/c1-2-12-9-17(33-29-12)28-22(32)27-15-5-6-16(30-8-7-24-20(15)30)14-10-31(13-3-4-13)21-18(14)19(23)25-11-26-21/h5-10,13,23H,2-4H2,1H3,(H2,27,28,29,32)/p+1. The minimum atomic E-state index is -0.454. The summed E-state index contributed by atoms with van der Waals surface area (Å²) in [6.45, 7) is 1.96. The van der Waals surface area contributed by atoms with Crippen LogP contribution in [-0.4, -0.2) is 31.1 Å². The number of carbonyl (C=O) groups excluding carboxylic acids is 1. The molecule has 5 heterocycles. The molecule has 1 aliphatic carbocycles. The van der Waals surface area contributed by atoms with Crippen molar-refractivity contribution < 1.29 is 9.32 Å². The normalized spacial score (nSPS) is 14.4. The van der Waals surface area contributed by atoms with E-state index in [0.29, 0.717) is 29.6 Å². The number of anilines is 2. The van der Waals surface area contributed by atoms with Gasteiger partial charge in [-0.25, -0.2) is 14.3 Å². The first kappa shape index (κ1) is 19.1. The summed E-state index contributed by atoms with van der Waals surface area (Å²) in [6.07, 6.45) is 8.51. The summed E-state index contributed by atoms with van der Waals surface area (Å²) in [5.41, 5.74) is 10.7. The van der Waals surface area contributed by atoms with Crippen molar-refractivity contribution in [1.29, 1.82) is 0 Å². The third-order valence-corrected chi connectivity index (χ3v) is 5.76. The molecule has 0 unspecified atom stereocenters. The number of aromatic nitrogens is 4. The summed E-state index contributed by atoms with van der Waals surface area (Å²) in [5.74, 6) is 0.656. The molecule has 11 heteroatoms. The molecule has 0 spiro atoms. The number of rotatable bonds is 5. The highest BCUT2D eigenvalue weighted by Gasteiger charge is 2.32. The van der Waals surface area contributed by atoms with Gasteiger partial charge in [0.1, 0.15) is 5.22 Å². The van der Waals surface area contributed by atoms with Crippen LogP contribution in [0.2, 0.25) is 0 Å². The van der Waals surface area contributed by atoms with Crippen LogP contribution in [0.5, 0.6) is 0 Å². The van der Waals surface area contributed by atoms with E-state index in [2.05, 4.69) is 47.2 Å². The summed E-state index contributed by atoms with van der Waals surface area (Å²) in [6, 6.07) is 8.02. The molecular formula is C22H20N9O2+. The minimum Gasteiger partial charge on any atom is -0.368 e. The van der Waals surface area contributed by atoms with E-state index in [1.54, 1.807) is 12.3 Å². The highest BCUT2D eigenvalue weighted by atomic mass is 16.5. The second kappa shape index (κ2) is 7.23. The Hall–Kier alpha value is -4.59. The fourth-order valence-corrected chi connectivity index (χ4v) is 4.02. The molecule has 1 fully saturated rings. The van der Waals surface area contributed by atoms with Gasteiger partial charge < -0.3 is 15.6 Å². The van der Waals surface area contributed by atoms with Gasteiger partial charge in [0, 0.05) is 18.5 Å². The Balaban J connectivity index is 1.39. The van der Waals surface area contributed by atoms with Crippen molar-refractivity contribution >= 4 is 35.1 Å². The first-order valence-electron chi connectivity index (χ1n) is 10.7. The molecule has 4 aromatic rings. The fourth-order valence-electron chi connectivity index (χ4n) is 4.02. The molecule has 11 nitrogen and oxygen atoms in total. The Morgan fingerprint density at radius 2 is 2.24 bits per heavy atom. The topological polar surface area (TPSA) is 142 Å². The molecule has 4 N–H and O–H groups in total. The second-order valence-corrected chi connectivity index (χ2v) is 7.96. The zero-order valence-corrected chi connectivity index (χ0v) is 17.7. The van der Waals surface area contributed by atoms with Crippen LogP contribution in [0.4, 0.5) is 16.4 Å². The molecule has 0 radical (unpaired) electrons. The number of pyridine rings is 1. The quantitative estimate of drug-likeness (QED) is 0.399. The smallest absolute Gasteiger partial charge is 0.346 e. The molecule has 1 aliphatic heterocycles. The Labute approximate surface area is 186 Å². The van der Waals surface area contributed by atoms with E-state index in [4.69, 9.17) is 10.3 Å². The lowest BCUT2D eigenvalue weighted by molar-refractivity contribution is 0.261. The van der Waals surface area contributed by atoms with Gasteiger partial charge in [0.2, 0.25) is 11.7 Å². The Kier molecular flexibility index (Phi) is 4.19. The number of imidazole rings is 1. The first-order chi connectivity index (χ1) is 16.1. The molecule has 164 valence electrons. The van der Waals surface area contributed by atoms with Gasteiger partial charge in [-0.15, -0.1) is 0 Å². The average molecular weight is 442 g/mol. The number of aliphatic imine (C=N–C) groups is 1. The molecule has 0 saturated heterocycles. The zero-order valence-electron chi connectivity index (χ0n) is 17.7. The molecule has 0 aromatic carbocycles. The summed E-state index contributed by atoms with van der Waals surface area (Å²) >= 11 is 0. The molecule has 6 rings (SSSR count). The maximum atomic E-state index is 12.5. The van der Waals surface area contributed by atoms with Gasteiger partial charge in [-0.1, -0.05) is 12.1 Å². The Bertz CT molecular complexity index is 1620. The molecule has 4 aromatic heterocycles. The number of fused-ring (bicyclic) bond motifs is 2. The molecule has 0 bridgehead atoms. The number of aryl methyl sites for hydroxylation is 1. The minimum absolute atomic E-state index is 0.278. The highest BCUT2D eigenvalue weighted by molar-refractivity contribution is 6.01. The Morgan fingerprint density at radius 3 is 3.03 bits per heavy atom. The summed E-state index contributed by atoms with van der Waals surface area (Å²) < 4.78 is 13.5. The predicted octanol–water partition coefficient (Wildman–Crippen LogP) is 1.23. The summed E-state index contributed by atoms with van der Waals surface area (Å²) in [5, 5.41) is 10.1. The van der Waals surface area contributed by atoms with Gasteiger partial charge in [-0.05, 0) is 36.4 Å². The lowest BCUT2D eigenvalue weighted by atomic mass is 10.1. The van der Waals surface area contributed by atoms with Crippen LogP contribution in [0.25, 0.3) is 22.7 Å². The van der Waals surface area contributed by atoms with Gasteiger partial charge >= 0.3 is 17.5 Å². The van der Waals surface area contributed by atoms with Crippen molar-refractivity contribution in [3.8, 4) is 11.3 Å². The number of nitrogens with two attached hydrogens (primary N) is 1. The van der Waals surface area contributed by atoms with Crippen LogP contribution < -0.4 is 31.7 Å². The number of hydrogen-bond acceptors (Lipinski definition) is 6. The van der Waals surface area contributed by atoms with E-state index in [1.807, 2.05) is 29.7 Å². The van der Waals surface area contributed by atoms with Gasteiger partial charge in [0.15, 0.2) is 5.65 Å². The number of urea groups is 1. The molecule has 2 aliphatic rings. The van der Waals surface area contributed by atoms with Gasteiger partial charge in [0.05, 0.1) is 34.9 Å². The van der Waals surface area contributed by atoms with E-state index in [9.17, 15) is 4.79 Å². The highest BCUT2D eigenvalue weighted by Crippen LogP contribution is 2.34. The predicted molar refractivity (Wildman–Crippen MR) is 121 cm³/mol. The number of nitrogens with zero attached hydrogens (tertiary/aromatic N) is 6. The maximum absolute atomic E-state index is 12.5. The third kappa shape index (κ3) is 3.20.